The zero-order chi connectivity index (χ0) is 9.42. The Bertz CT molecular complexity index is 252. The molecule has 0 aromatic heterocycles. The van der Waals surface area contributed by atoms with E-state index in [0.29, 0.717) is 12.5 Å². The summed E-state index contributed by atoms with van der Waals surface area (Å²) in [6.45, 7) is 3.75. The van der Waals surface area contributed by atoms with E-state index in [-0.39, 0.29) is 17.7 Å². The van der Waals surface area contributed by atoms with Gasteiger partial charge in [0.1, 0.15) is 0 Å². The van der Waals surface area contributed by atoms with E-state index in [1.54, 1.807) is 0 Å². The molecule has 2 heterocycles. The number of carbonyl (C=O) groups excluding carboxylic acids is 2. The highest BCUT2D eigenvalue weighted by molar-refractivity contribution is 5.96. The Morgan fingerprint density at radius 1 is 1.54 bits per heavy atom. The van der Waals surface area contributed by atoms with Crippen molar-refractivity contribution in [2.45, 2.75) is 13.3 Å². The van der Waals surface area contributed by atoms with Gasteiger partial charge in [-0.05, 0) is 18.9 Å². The van der Waals surface area contributed by atoms with Crippen LogP contribution in [0.25, 0.3) is 0 Å². The van der Waals surface area contributed by atoms with Crippen molar-refractivity contribution in [3.63, 3.8) is 0 Å². The fourth-order valence-corrected chi connectivity index (χ4v) is 2.21. The summed E-state index contributed by atoms with van der Waals surface area (Å²) in [5.74, 6) is 0.411. The molecule has 2 saturated heterocycles. The molecule has 4 nitrogen and oxygen atoms in total. The molecule has 4 heteroatoms. The smallest absolute Gasteiger partial charge is 0.233 e. The van der Waals surface area contributed by atoms with Gasteiger partial charge in [0.25, 0.3) is 0 Å². The van der Waals surface area contributed by atoms with E-state index in [0.717, 1.165) is 19.5 Å². The molecule has 2 rings (SSSR count). The fraction of sp³-hybridized carbons (Fsp3) is 0.778. The summed E-state index contributed by atoms with van der Waals surface area (Å²) < 4.78 is 0. The molecule has 0 spiro atoms. The number of nitrogens with one attached hydrogen (secondary N) is 1. The third-order valence-corrected chi connectivity index (χ3v) is 2.88. The molecule has 2 bridgehead atoms. The number of amides is 2. The number of fused-ring (bicyclic) bond motifs is 2. The Labute approximate surface area is 77.3 Å². The molecule has 2 unspecified atom stereocenters. The van der Waals surface area contributed by atoms with Crippen LogP contribution in [0.15, 0.2) is 0 Å². The zero-order valence-corrected chi connectivity index (χ0v) is 7.75. The summed E-state index contributed by atoms with van der Waals surface area (Å²) in [5.41, 5.74) is 0. The van der Waals surface area contributed by atoms with E-state index in [2.05, 4.69) is 5.32 Å². The highest BCUT2D eigenvalue weighted by Crippen LogP contribution is 2.25. The van der Waals surface area contributed by atoms with Crippen LogP contribution >= 0.6 is 0 Å². The molecule has 2 amide bonds. The largest absolute Gasteiger partial charge is 0.316 e. The molecule has 2 fully saturated rings. The Morgan fingerprint density at radius 2 is 2.31 bits per heavy atom. The van der Waals surface area contributed by atoms with Crippen molar-refractivity contribution in [1.29, 1.82) is 0 Å². The number of rotatable bonds is 0. The number of piperidine rings is 2. The first-order chi connectivity index (χ1) is 6.18. The van der Waals surface area contributed by atoms with Crippen molar-refractivity contribution in [3.05, 3.63) is 0 Å². The van der Waals surface area contributed by atoms with E-state index < -0.39 is 0 Å². The van der Waals surface area contributed by atoms with Crippen LogP contribution in [0.2, 0.25) is 0 Å². The molecule has 0 aromatic carbocycles. The van der Waals surface area contributed by atoms with Gasteiger partial charge in [-0.15, -0.1) is 0 Å². The predicted molar refractivity (Wildman–Crippen MR) is 46.9 cm³/mol. The molecule has 72 valence electrons. The van der Waals surface area contributed by atoms with Crippen LogP contribution in [0.3, 0.4) is 0 Å². The molecular formula is C9H14N2O2. The fourth-order valence-electron chi connectivity index (χ4n) is 2.21. The van der Waals surface area contributed by atoms with Gasteiger partial charge in [0.2, 0.25) is 11.8 Å². The first kappa shape index (κ1) is 8.69. The average Bonchev–Trinajstić information content (AvgIpc) is 2.12. The maximum atomic E-state index is 11.6. The summed E-state index contributed by atoms with van der Waals surface area (Å²) in [6.07, 6.45) is 0.954. The van der Waals surface area contributed by atoms with Gasteiger partial charge < -0.3 is 5.32 Å². The number of nitrogens with zero attached hydrogens (tertiary/aromatic N) is 1. The highest BCUT2D eigenvalue weighted by Gasteiger charge is 2.38. The second-order valence-corrected chi connectivity index (χ2v) is 3.92. The van der Waals surface area contributed by atoms with Gasteiger partial charge in [0.15, 0.2) is 0 Å². The molecule has 2 aliphatic heterocycles. The lowest BCUT2D eigenvalue weighted by atomic mass is 9.85. The second kappa shape index (κ2) is 3.10. The number of hydrogen-bond donors (Lipinski definition) is 1. The molecule has 1 N–H and O–H groups in total. The minimum atomic E-state index is -0.110. The molecular weight excluding hydrogens is 168 g/mol. The molecule has 0 radical (unpaired) electrons. The van der Waals surface area contributed by atoms with Crippen LogP contribution in [-0.2, 0) is 9.59 Å². The van der Waals surface area contributed by atoms with E-state index in [1.165, 1.54) is 11.8 Å². The van der Waals surface area contributed by atoms with Crippen LogP contribution < -0.4 is 5.32 Å². The standard InChI is InChI=1S/C9H14N2O2/c1-6(12)11-5-7-2-8(9(11)13)4-10-3-7/h7-8,10H,2-5H2,1H3. The number of likely N-dealkylation sites (tertiary alicyclic amines) is 1. The second-order valence-electron chi connectivity index (χ2n) is 3.92. The van der Waals surface area contributed by atoms with Gasteiger partial charge in [-0.3, -0.25) is 14.5 Å². The summed E-state index contributed by atoms with van der Waals surface area (Å²) in [4.78, 5) is 24.2. The lowest BCUT2D eigenvalue weighted by Gasteiger charge is -2.39. The summed E-state index contributed by atoms with van der Waals surface area (Å²) >= 11 is 0. The van der Waals surface area contributed by atoms with Gasteiger partial charge >= 0.3 is 0 Å². The van der Waals surface area contributed by atoms with E-state index in [1.807, 2.05) is 0 Å². The lowest BCUT2D eigenvalue weighted by molar-refractivity contribution is -0.151. The predicted octanol–water partition coefficient (Wildman–Crippen LogP) is -0.399. The first-order valence-corrected chi connectivity index (χ1v) is 4.71. The number of hydrogen-bond acceptors (Lipinski definition) is 3. The molecule has 2 aliphatic rings. The SMILES string of the molecule is CC(=O)N1CC2CNCC(C2)C1=O. The Hall–Kier alpha value is -0.900. The third kappa shape index (κ3) is 1.46. The van der Waals surface area contributed by atoms with Gasteiger partial charge in [-0.25, -0.2) is 0 Å². The van der Waals surface area contributed by atoms with Gasteiger partial charge in [0, 0.05) is 20.0 Å². The normalized spacial score (nSPS) is 33.3. The average molecular weight is 182 g/mol. The maximum absolute atomic E-state index is 11.6. The van der Waals surface area contributed by atoms with E-state index in [4.69, 9.17) is 0 Å². The summed E-state index contributed by atoms with van der Waals surface area (Å²) in [6, 6.07) is 0. The van der Waals surface area contributed by atoms with E-state index in [9.17, 15) is 9.59 Å². The van der Waals surface area contributed by atoms with Crippen molar-refractivity contribution in [1.82, 2.24) is 10.2 Å². The minimum Gasteiger partial charge on any atom is -0.316 e. The highest BCUT2D eigenvalue weighted by atomic mass is 16.2. The number of imide groups is 1. The van der Waals surface area contributed by atoms with E-state index >= 15 is 0 Å². The third-order valence-electron chi connectivity index (χ3n) is 2.88. The maximum Gasteiger partial charge on any atom is 0.233 e. The van der Waals surface area contributed by atoms with Gasteiger partial charge in [-0.2, -0.15) is 0 Å². The topological polar surface area (TPSA) is 49.4 Å². The van der Waals surface area contributed by atoms with Crippen molar-refractivity contribution < 1.29 is 9.59 Å². The molecule has 0 saturated carbocycles. The van der Waals surface area contributed by atoms with Crippen LogP contribution in [0.4, 0.5) is 0 Å². The van der Waals surface area contributed by atoms with Gasteiger partial charge in [0.05, 0.1) is 5.92 Å². The first-order valence-electron chi connectivity index (χ1n) is 4.71. The monoisotopic (exact) mass is 182 g/mol. The lowest BCUT2D eigenvalue weighted by Crippen LogP contribution is -2.55. The zero-order valence-electron chi connectivity index (χ0n) is 7.75. The Balaban J connectivity index is 2.15. The van der Waals surface area contributed by atoms with Crippen LogP contribution in [-0.4, -0.2) is 36.3 Å². The Morgan fingerprint density at radius 3 is 3.00 bits per heavy atom. The summed E-state index contributed by atoms with van der Waals surface area (Å²) in [5, 5.41) is 3.22. The minimum absolute atomic E-state index is 0.0101. The van der Waals surface area contributed by atoms with Crippen molar-refractivity contribution in [2.75, 3.05) is 19.6 Å². The molecule has 0 aliphatic carbocycles. The summed E-state index contributed by atoms with van der Waals surface area (Å²) in [7, 11) is 0. The van der Waals surface area contributed by atoms with Crippen molar-refractivity contribution in [2.24, 2.45) is 11.8 Å². The quantitative estimate of drug-likeness (QED) is 0.554. The van der Waals surface area contributed by atoms with Gasteiger partial charge in [-0.1, -0.05) is 0 Å². The van der Waals surface area contributed by atoms with Crippen molar-refractivity contribution >= 4 is 11.8 Å². The van der Waals surface area contributed by atoms with Crippen LogP contribution in [0, 0.1) is 11.8 Å². The number of carbonyl (C=O) groups is 2. The van der Waals surface area contributed by atoms with Crippen LogP contribution in [0.1, 0.15) is 13.3 Å². The molecule has 13 heavy (non-hydrogen) atoms. The van der Waals surface area contributed by atoms with Crippen molar-refractivity contribution in [3.8, 4) is 0 Å². The molecule has 2 atom stereocenters. The van der Waals surface area contributed by atoms with Crippen LogP contribution in [0.5, 0.6) is 0 Å². The Kier molecular flexibility index (Phi) is 2.07. The molecule has 0 aromatic rings.